The fourth-order valence-electron chi connectivity index (χ4n) is 5.88. The number of piperidine rings is 2. The first-order chi connectivity index (χ1) is 16.1. The van der Waals surface area contributed by atoms with Crippen LogP contribution in [0.3, 0.4) is 0 Å². The van der Waals surface area contributed by atoms with Crippen LogP contribution < -0.4 is 5.32 Å². The van der Waals surface area contributed by atoms with Crippen LogP contribution in [0.5, 0.6) is 0 Å². The van der Waals surface area contributed by atoms with Crippen LogP contribution in [0, 0.1) is 6.92 Å². The van der Waals surface area contributed by atoms with Crippen molar-refractivity contribution >= 4 is 11.6 Å². The van der Waals surface area contributed by atoms with E-state index < -0.39 is 0 Å². The second-order valence-corrected chi connectivity index (χ2v) is 9.84. The topological polar surface area (TPSA) is 53.7 Å². The predicted molar refractivity (Wildman–Crippen MR) is 129 cm³/mol. The zero-order valence-electron chi connectivity index (χ0n) is 19.3. The Morgan fingerprint density at radius 3 is 2.64 bits per heavy atom. The van der Waals surface area contributed by atoms with Crippen LogP contribution in [0.4, 0.5) is 5.69 Å². The molecule has 0 unspecified atom stereocenters. The Hall–Kier alpha value is -2.99. The maximum absolute atomic E-state index is 13.4. The molecule has 0 atom stereocenters. The molecule has 6 nitrogen and oxygen atoms in total. The van der Waals surface area contributed by atoms with E-state index in [-0.39, 0.29) is 11.4 Å². The summed E-state index contributed by atoms with van der Waals surface area (Å²) in [4.78, 5) is 17.8. The fraction of sp³-hybridized carbons (Fsp3) is 0.444. The molecule has 0 bridgehead atoms. The van der Waals surface area contributed by atoms with E-state index in [0.717, 1.165) is 49.5 Å². The number of benzene rings is 1. The van der Waals surface area contributed by atoms with E-state index in [4.69, 9.17) is 4.42 Å². The molecule has 0 aliphatic carbocycles. The summed E-state index contributed by atoms with van der Waals surface area (Å²) >= 11 is 0. The van der Waals surface area contributed by atoms with Gasteiger partial charge in [0, 0.05) is 30.5 Å². The first-order valence-corrected chi connectivity index (χ1v) is 12.3. The van der Waals surface area contributed by atoms with Crippen molar-refractivity contribution in [2.45, 2.75) is 51.1 Å². The van der Waals surface area contributed by atoms with Crippen molar-refractivity contribution in [3.05, 3.63) is 71.4 Å². The number of anilines is 1. The van der Waals surface area contributed by atoms with Crippen molar-refractivity contribution in [2.75, 3.05) is 31.5 Å². The van der Waals surface area contributed by atoms with Gasteiger partial charge in [-0.2, -0.15) is 0 Å². The summed E-state index contributed by atoms with van der Waals surface area (Å²) in [6, 6.07) is 14.8. The minimum atomic E-state index is -0.147. The summed E-state index contributed by atoms with van der Waals surface area (Å²) < 4.78 is 8.41. The average molecular weight is 445 g/mol. The van der Waals surface area contributed by atoms with Gasteiger partial charge in [-0.05, 0) is 76.0 Å². The number of nitrogens with zero attached hydrogens (tertiary/aromatic N) is 3. The SMILES string of the molecule is Cc1cc(CN2CCCCC2)oc1C(=O)N1CCC2(CC1)Nc1ccccc1-n1cccc12. The number of rotatable bonds is 3. The highest BCUT2D eigenvalue weighted by Crippen LogP contribution is 2.43. The molecule has 2 aromatic heterocycles. The third-order valence-corrected chi connectivity index (χ3v) is 7.67. The molecule has 2 saturated heterocycles. The molecule has 0 radical (unpaired) electrons. The Morgan fingerprint density at radius 1 is 1.03 bits per heavy atom. The van der Waals surface area contributed by atoms with Crippen molar-refractivity contribution in [3.8, 4) is 5.69 Å². The molecular formula is C27H32N4O2. The summed E-state index contributed by atoms with van der Waals surface area (Å²) in [5.74, 6) is 1.46. The maximum Gasteiger partial charge on any atom is 0.289 e. The van der Waals surface area contributed by atoms with Crippen LogP contribution in [-0.2, 0) is 12.1 Å². The Labute approximate surface area is 195 Å². The standard InChI is InChI=1S/C27H32N4O2/c1-20-18-21(19-29-13-5-2-6-14-29)33-25(20)26(32)30-16-11-27(12-17-30)24-10-7-15-31(24)23-9-4-3-8-22(23)28-27/h3-4,7-10,15,18,28H,2,5-6,11-14,16-17,19H2,1H3. The van der Waals surface area contributed by atoms with Crippen molar-refractivity contribution in [1.29, 1.82) is 0 Å². The second kappa shape index (κ2) is 8.10. The molecule has 0 saturated carbocycles. The lowest BCUT2D eigenvalue weighted by atomic mass is 9.82. The number of likely N-dealkylation sites (tertiary alicyclic amines) is 2. The molecule has 33 heavy (non-hydrogen) atoms. The van der Waals surface area contributed by atoms with Gasteiger partial charge >= 0.3 is 0 Å². The highest BCUT2D eigenvalue weighted by molar-refractivity contribution is 5.93. The molecule has 172 valence electrons. The molecule has 1 aromatic carbocycles. The molecule has 1 spiro atoms. The van der Waals surface area contributed by atoms with Gasteiger partial charge in [-0.15, -0.1) is 0 Å². The second-order valence-electron chi connectivity index (χ2n) is 9.84. The van der Waals surface area contributed by atoms with Crippen LogP contribution in [0.1, 0.15) is 59.7 Å². The van der Waals surface area contributed by atoms with Gasteiger partial charge in [0.15, 0.2) is 5.76 Å². The number of carbonyl (C=O) groups excluding carboxylic acids is 1. The molecule has 6 heteroatoms. The normalized spacial score (nSPS) is 19.7. The third kappa shape index (κ3) is 3.57. The summed E-state index contributed by atoms with van der Waals surface area (Å²) in [5.41, 5.74) is 4.43. The van der Waals surface area contributed by atoms with Gasteiger partial charge in [0.05, 0.1) is 23.5 Å². The number of para-hydroxylation sites is 2. The molecular weight excluding hydrogens is 412 g/mol. The largest absolute Gasteiger partial charge is 0.454 e. The average Bonchev–Trinajstić information content (AvgIpc) is 3.48. The van der Waals surface area contributed by atoms with Crippen molar-refractivity contribution in [3.63, 3.8) is 0 Å². The summed E-state index contributed by atoms with van der Waals surface area (Å²) in [6.45, 7) is 6.46. The maximum atomic E-state index is 13.4. The number of nitrogens with one attached hydrogen (secondary N) is 1. The Kier molecular flexibility index (Phi) is 5.06. The van der Waals surface area contributed by atoms with Crippen LogP contribution in [0.25, 0.3) is 5.69 Å². The highest BCUT2D eigenvalue weighted by atomic mass is 16.4. The van der Waals surface area contributed by atoms with Crippen LogP contribution in [-0.4, -0.2) is 46.5 Å². The van der Waals surface area contributed by atoms with E-state index in [9.17, 15) is 4.79 Å². The van der Waals surface area contributed by atoms with Crippen molar-refractivity contribution in [1.82, 2.24) is 14.4 Å². The number of hydrogen-bond acceptors (Lipinski definition) is 4. The first kappa shape index (κ1) is 20.6. The highest BCUT2D eigenvalue weighted by Gasteiger charge is 2.42. The smallest absolute Gasteiger partial charge is 0.289 e. The number of aromatic nitrogens is 1. The molecule has 3 aliphatic rings. The lowest BCUT2D eigenvalue weighted by Crippen LogP contribution is -2.51. The molecule has 1 amide bonds. The number of fused-ring (bicyclic) bond motifs is 4. The van der Waals surface area contributed by atoms with Gasteiger partial charge < -0.3 is 19.2 Å². The van der Waals surface area contributed by atoms with Gasteiger partial charge in [0.2, 0.25) is 0 Å². The lowest BCUT2D eigenvalue weighted by molar-refractivity contribution is 0.0639. The van der Waals surface area contributed by atoms with E-state index in [1.54, 1.807) is 0 Å². The van der Waals surface area contributed by atoms with Gasteiger partial charge in [-0.1, -0.05) is 18.6 Å². The van der Waals surface area contributed by atoms with Crippen LogP contribution in [0.2, 0.25) is 0 Å². The number of amides is 1. The number of hydrogen-bond donors (Lipinski definition) is 1. The molecule has 2 fully saturated rings. The monoisotopic (exact) mass is 444 g/mol. The summed E-state index contributed by atoms with van der Waals surface area (Å²) in [5, 5.41) is 3.83. The molecule has 6 rings (SSSR count). The Morgan fingerprint density at radius 2 is 1.82 bits per heavy atom. The van der Waals surface area contributed by atoms with E-state index in [0.29, 0.717) is 18.8 Å². The van der Waals surface area contributed by atoms with Gasteiger partial charge in [0.1, 0.15) is 5.76 Å². The van der Waals surface area contributed by atoms with Crippen molar-refractivity contribution in [2.24, 2.45) is 0 Å². The number of furan rings is 1. The molecule has 1 N–H and O–H groups in total. The van der Waals surface area contributed by atoms with Gasteiger partial charge in [-0.3, -0.25) is 9.69 Å². The molecule has 3 aliphatic heterocycles. The first-order valence-electron chi connectivity index (χ1n) is 12.3. The molecule has 5 heterocycles. The van der Waals surface area contributed by atoms with Crippen LogP contribution >= 0.6 is 0 Å². The van der Waals surface area contributed by atoms with Crippen LogP contribution in [0.15, 0.2) is 53.1 Å². The summed E-state index contributed by atoms with van der Waals surface area (Å²) in [6.07, 6.45) is 7.71. The van der Waals surface area contributed by atoms with Gasteiger partial charge in [-0.25, -0.2) is 0 Å². The van der Waals surface area contributed by atoms with E-state index >= 15 is 0 Å². The molecule has 3 aromatic rings. The van der Waals surface area contributed by atoms with Gasteiger partial charge in [0.25, 0.3) is 5.91 Å². The number of aryl methyl sites for hydroxylation is 1. The quantitative estimate of drug-likeness (QED) is 0.623. The summed E-state index contributed by atoms with van der Waals surface area (Å²) in [7, 11) is 0. The minimum Gasteiger partial charge on any atom is -0.454 e. The zero-order chi connectivity index (χ0) is 22.4. The van der Waals surface area contributed by atoms with Crippen molar-refractivity contribution < 1.29 is 9.21 Å². The zero-order valence-corrected chi connectivity index (χ0v) is 19.3. The third-order valence-electron chi connectivity index (χ3n) is 7.67. The Balaban J connectivity index is 1.17. The fourth-order valence-corrected chi connectivity index (χ4v) is 5.88. The Bertz CT molecular complexity index is 1160. The predicted octanol–water partition coefficient (Wildman–Crippen LogP) is 4.92. The number of carbonyl (C=O) groups is 1. The van der Waals surface area contributed by atoms with E-state index in [2.05, 4.69) is 63.4 Å². The lowest BCUT2D eigenvalue weighted by Gasteiger charge is -2.46. The minimum absolute atomic E-state index is 0.0267. The van der Waals surface area contributed by atoms with E-state index in [1.807, 2.05) is 11.8 Å². The van der Waals surface area contributed by atoms with E-state index in [1.165, 1.54) is 30.6 Å².